The van der Waals surface area contributed by atoms with Crippen LogP contribution in [0.4, 0.5) is 5.13 Å². The van der Waals surface area contributed by atoms with Gasteiger partial charge in [-0.2, -0.15) is 0 Å². The smallest absolute Gasteiger partial charge is 0.239 e. The summed E-state index contributed by atoms with van der Waals surface area (Å²) in [7, 11) is 1.96. The van der Waals surface area contributed by atoms with E-state index in [-0.39, 0.29) is 11.2 Å². The molecular formula is C21H18N6OS2. The van der Waals surface area contributed by atoms with Crippen molar-refractivity contribution >= 4 is 66.4 Å². The van der Waals surface area contributed by atoms with Gasteiger partial charge in [-0.3, -0.25) is 4.79 Å². The van der Waals surface area contributed by atoms with Crippen molar-refractivity contribution in [3.05, 3.63) is 48.5 Å². The van der Waals surface area contributed by atoms with Crippen LogP contribution in [0.3, 0.4) is 0 Å². The highest BCUT2D eigenvalue weighted by molar-refractivity contribution is 8.00. The molecule has 0 aliphatic heterocycles. The SMILES string of the molecule is CCC(Sc1nnc2c3ccccc3n(C)c2n1)C(=O)Nc1nc2ccccc2s1. The van der Waals surface area contributed by atoms with Crippen molar-refractivity contribution in [2.24, 2.45) is 7.05 Å². The second-order valence-electron chi connectivity index (χ2n) is 6.83. The molecule has 0 saturated carbocycles. The van der Waals surface area contributed by atoms with Gasteiger partial charge in [-0.25, -0.2) is 9.97 Å². The van der Waals surface area contributed by atoms with E-state index in [0.717, 1.165) is 32.3 Å². The van der Waals surface area contributed by atoms with Gasteiger partial charge in [0, 0.05) is 12.4 Å². The van der Waals surface area contributed by atoms with Crippen LogP contribution < -0.4 is 5.32 Å². The van der Waals surface area contributed by atoms with Gasteiger partial charge in [-0.1, -0.05) is 60.4 Å². The molecule has 0 spiro atoms. The highest BCUT2D eigenvalue weighted by atomic mass is 32.2. The van der Waals surface area contributed by atoms with Crippen molar-refractivity contribution in [3.8, 4) is 0 Å². The first-order chi connectivity index (χ1) is 14.6. The number of aryl methyl sites for hydroxylation is 1. The van der Waals surface area contributed by atoms with Crippen molar-refractivity contribution in [2.75, 3.05) is 5.32 Å². The van der Waals surface area contributed by atoms with Gasteiger partial charge in [-0.05, 0) is 24.6 Å². The Morgan fingerprint density at radius 3 is 2.77 bits per heavy atom. The van der Waals surface area contributed by atoms with Gasteiger partial charge in [-0.15, -0.1) is 10.2 Å². The molecule has 3 aromatic heterocycles. The van der Waals surface area contributed by atoms with Crippen molar-refractivity contribution in [1.29, 1.82) is 0 Å². The minimum Gasteiger partial charge on any atom is -0.327 e. The third kappa shape index (κ3) is 3.29. The number of nitrogens with one attached hydrogen (secondary N) is 1. The summed E-state index contributed by atoms with van der Waals surface area (Å²) in [6, 6.07) is 15.8. The van der Waals surface area contributed by atoms with Crippen LogP contribution in [-0.2, 0) is 11.8 Å². The highest BCUT2D eigenvalue weighted by Crippen LogP contribution is 2.30. The predicted octanol–water partition coefficient (Wildman–Crippen LogP) is 4.64. The largest absolute Gasteiger partial charge is 0.327 e. The average molecular weight is 435 g/mol. The zero-order chi connectivity index (χ0) is 20.7. The van der Waals surface area contributed by atoms with Crippen LogP contribution in [0.2, 0.25) is 0 Å². The maximum absolute atomic E-state index is 12.8. The number of hydrogen-bond donors (Lipinski definition) is 1. The normalized spacial score (nSPS) is 12.6. The molecule has 1 amide bonds. The number of fused-ring (bicyclic) bond motifs is 4. The predicted molar refractivity (Wildman–Crippen MR) is 122 cm³/mol. The number of thioether (sulfide) groups is 1. The third-order valence-corrected chi connectivity index (χ3v) is 7.09. The molecule has 0 radical (unpaired) electrons. The van der Waals surface area contributed by atoms with Crippen molar-refractivity contribution in [2.45, 2.75) is 23.8 Å². The maximum Gasteiger partial charge on any atom is 0.239 e. The van der Waals surface area contributed by atoms with Crippen LogP contribution in [0, 0.1) is 0 Å². The van der Waals surface area contributed by atoms with E-state index in [1.165, 1.54) is 23.1 Å². The molecule has 1 atom stereocenters. The van der Waals surface area contributed by atoms with E-state index in [2.05, 4.69) is 25.5 Å². The summed E-state index contributed by atoms with van der Waals surface area (Å²) in [5.74, 6) is -0.109. The molecule has 30 heavy (non-hydrogen) atoms. The lowest BCUT2D eigenvalue weighted by molar-refractivity contribution is -0.115. The molecule has 5 aromatic rings. The zero-order valence-corrected chi connectivity index (χ0v) is 18.0. The number of carbonyl (C=O) groups is 1. The number of rotatable bonds is 5. The van der Waals surface area contributed by atoms with Crippen molar-refractivity contribution in [3.63, 3.8) is 0 Å². The highest BCUT2D eigenvalue weighted by Gasteiger charge is 2.22. The number of anilines is 1. The molecule has 0 aliphatic rings. The Morgan fingerprint density at radius 2 is 1.93 bits per heavy atom. The molecule has 3 heterocycles. The van der Waals surface area contributed by atoms with Gasteiger partial charge in [0.2, 0.25) is 11.1 Å². The summed E-state index contributed by atoms with van der Waals surface area (Å²) in [5.41, 5.74) is 3.46. The average Bonchev–Trinajstić information content (AvgIpc) is 3.30. The lowest BCUT2D eigenvalue weighted by atomic mass is 10.2. The van der Waals surface area contributed by atoms with Gasteiger partial charge in [0.05, 0.1) is 21.0 Å². The number of nitrogens with zero attached hydrogens (tertiary/aromatic N) is 5. The summed E-state index contributed by atoms with van der Waals surface area (Å²) in [6.07, 6.45) is 0.637. The molecule has 0 bridgehead atoms. The quantitative estimate of drug-likeness (QED) is 0.406. The van der Waals surface area contributed by atoms with E-state index in [4.69, 9.17) is 0 Å². The van der Waals surface area contributed by atoms with Crippen LogP contribution in [0.1, 0.15) is 13.3 Å². The summed E-state index contributed by atoms with van der Waals surface area (Å²) < 4.78 is 3.05. The Labute approximate surface area is 180 Å². The number of benzene rings is 2. The van der Waals surface area contributed by atoms with Crippen LogP contribution in [-0.4, -0.2) is 35.9 Å². The first-order valence-electron chi connectivity index (χ1n) is 9.55. The topological polar surface area (TPSA) is 85.6 Å². The first kappa shape index (κ1) is 19.0. The van der Waals surface area contributed by atoms with E-state index in [1.807, 2.05) is 67.1 Å². The van der Waals surface area contributed by atoms with E-state index in [1.54, 1.807) is 0 Å². The third-order valence-electron chi connectivity index (χ3n) is 4.92. The number of carbonyl (C=O) groups excluding carboxylic acids is 1. The summed E-state index contributed by atoms with van der Waals surface area (Å²) in [4.78, 5) is 22.0. The summed E-state index contributed by atoms with van der Waals surface area (Å²) >= 11 is 2.79. The van der Waals surface area contributed by atoms with E-state index in [9.17, 15) is 4.79 Å². The molecule has 0 fully saturated rings. The second kappa shape index (κ2) is 7.66. The summed E-state index contributed by atoms with van der Waals surface area (Å²) in [6.45, 7) is 1.97. The zero-order valence-electron chi connectivity index (χ0n) is 16.4. The maximum atomic E-state index is 12.8. The Balaban J connectivity index is 1.40. The Hall–Kier alpha value is -3.04. The lowest BCUT2D eigenvalue weighted by Gasteiger charge is -2.12. The monoisotopic (exact) mass is 434 g/mol. The molecule has 0 saturated heterocycles. The Morgan fingerprint density at radius 1 is 1.13 bits per heavy atom. The molecular weight excluding hydrogens is 416 g/mol. The lowest BCUT2D eigenvalue weighted by Crippen LogP contribution is -2.24. The number of thiazole rings is 1. The molecule has 7 nitrogen and oxygen atoms in total. The van der Waals surface area contributed by atoms with E-state index < -0.39 is 0 Å². The van der Waals surface area contributed by atoms with Gasteiger partial charge in [0.15, 0.2) is 10.8 Å². The molecule has 5 rings (SSSR count). The van der Waals surface area contributed by atoms with Crippen LogP contribution >= 0.6 is 23.1 Å². The van der Waals surface area contributed by atoms with Gasteiger partial charge in [0.25, 0.3) is 0 Å². The molecule has 9 heteroatoms. The Bertz CT molecular complexity index is 1360. The molecule has 150 valence electrons. The fraction of sp³-hybridized carbons (Fsp3) is 0.190. The molecule has 1 unspecified atom stereocenters. The molecule has 1 N–H and O–H groups in total. The van der Waals surface area contributed by atoms with Crippen molar-refractivity contribution < 1.29 is 4.79 Å². The number of aromatic nitrogens is 5. The first-order valence-corrected chi connectivity index (χ1v) is 11.2. The number of amides is 1. The Kier molecular flexibility index (Phi) is 4.84. The van der Waals surface area contributed by atoms with Crippen molar-refractivity contribution in [1.82, 2.24) is 24.7 Å². The standard InChI is InChI=1S/C21H18N6OS2/c1-3-15(19(28)24-20-22-13-9-5-7-11-16(13)30-20)29-21-23-18-17(25-26-21)12-8-4-6-10-14(12)27(18)2/h4-11,15H,3H2,1-2H3,(H,22,24,28). The molecule has 2 aromatic carbocycles. The fourth-order valence-corrected chi connectivity index (χ4v) is 5.09. The minimum atomic E-state index is -0.342. The van der Waals surface area contributed by atoms with E-state index in [0.29, 0.717) is 16.7 Å². The van der Waals surface area contributed by atoms with Gasteiger partial charge in [0.1, 0.15) is 5.52 Å². The number of para-hydroxylation sites is 2. The second-order valence-corrected chi connectivity index (χ2v) is 9.03. The molecule has 0 aliphatic carbocycles. The van der Waals surface area contributed by atoms with E-state index >= 15 is 0 Å². The summed E-state index contributed by atoms with van der Waals surface area (Å²) in [5, 5.41) is 13.4. The van der Waals surface area contributed by atoms with Crippen LogP contribution in [0.5, 0.6) is 0 Å². The minimum absolute atomic E-state index is 0.109. The number of hydrogen-bond acceptors (Lipinski definition) is 7. The van der Waals surface area contributed by atoms with Gasteiger partial charge >= 0.3 is 0 Å². The van der Waals surface area contributed by atoms with Crippen LogP contribution in [0.25, 0.3) is 32.3 Å². The van der Waals surface area contributed by atoms with Gasteiger partial charge < -0.3 is 9.88 Å². The fourth-order valence-electron chi connectivity index (χ4n) is 3.40. The van der Waals surface area contributed by atoms with Crippen LogP contribution in [0.15, 0.2) is 53.7 Å².